The van der Waals surface area contributed by atoms with Crippen molar-refractivity contribution in [3.8, 4) is 0 Å². The summed E-state index contributed by atoms with van der Waals surface area (Å²) in [4.78, 5) is 0. The van der Waals surface area contributed by atoms with Crippen molar-refractivity contribution in [2.24, 2.45) is 0 Å². The third-order valence-corrected chi connectivity index (χ3v) is 3.48. The molecule has 5 nitrogen and oxygen atoms in total. The highest BCUT2D eigenvalue weighted by atomic mass is 32.3. The standard InChI is InChI=1S/C8H20N.C2H6O4S/c1-5-9(6-2,7-3)8-4;1-2-6-7(3,4)5/h5-8H2,1-4H3;2H2,1H3,(H,3,4,5)/q+1;. The van der Waals surface area contributed by atoms with E-state index >= 15 is 0 Å². The summed E-state index contributed by atoms with van der Waals surface area (Å²) in [5.41, 5.74) is 0. The van der Waals surface area contributed by atoms with Crippen LogP contribution < -0.4 is 0 Å². The Kier molecular flexibility index (Phi) is 10.2. The van der Waals surface area contributed by atoms with Crippen LogP contribution in [0.4, 0.5) is 0 Å². The van der Waals surface area contributed by atoms with Crippen molar-refractivity contribution in [1.29, 1.82) is 0 Å². The van der Waals surface area contributed by atoms with Crippen molar-refractivity contribution < 1.29 is 21.6 Å². The van der Waals surface area contributed by atoms with Gasteiger partial charge in [0.15, 0.2) is 0 Å². The molecule has 0 amide bonds. The van der Waals surface area contributed by atoms with Gasteiger partial charge in [0.1, 0.15) is 0 Å². The van der Waals surface area contributed by atoms with Gasteiger partial charge in [-0.2, -0.15) is 8.42 Å². The topological polar surface area (TPSA) is 63.6 Å². The molecule has 0 saturated carbocycles. The summed E-state index contributed by atoms with van der Waals surface area (Å²) in [6.07, 6.45) is 0. The molecule has 0 radical (unpaired) electrons. The maximum atomic E-state index is 9.56. The van der Waals surface area contributed by atoms with Crippen LogP contribution >= 0.6 is 0 Å². The number of quaternary nitrogens is 1. The van der Waals surface area contributed by atoms with Crippen molar-refractivity contribution in [1.82, 2.24) is 0 Å². The fourth-order valence-corrected chi connectivity index (χ4v) is 1.79. The molecule has 100 valence electrons. The van der Waals surface area contributed by atoms with Gasteiger partial charge in [-0.1, -0.05) is 0 Å². The molecule has 0 aromatic carbocycles. The van der Waals surface area contributed by atoms with E-state index in [-0.39, 0.29) is 6.61 Å². The molecule has 0 saturated heterocycles. The first-order valence-electron chi connectivity index (χ1n) is 5.77. The Morgan fingerprint density at radius 3 is 1.25 bits per heavy atom. The van der Waals surface area contributed by atoms with Gasteiger partial charge < -0.3 is 4.48 Å². The average molecular weight is 256 g/mol. The van der Waals surface area contributed by atoms with E-state index in [0.717, 1.165) is 0 Å². The first-order chi connectivity index (χ1) is 7.30. The van der Waals surface area contributed by atoms with Crippen LogP contribution in [0.5, 0.6) is 0 Å². The number of nitrogens with zero attached hydrogens (tertiary/aromatic N) is 1. The minimum atomic E-state index is -4.17. The van der Waals surface area contributed by atoms with Crippen molar-refractivity contribution in [2.45, 2.75) is 34.6 Å². The lowest BCUT2D eigenvalue weighted by Crippen LogP contribution is -2.47. The van der Waals surface area contributed by atoms with Gasteiger partial charge in [-0.25, -0.2) is 4.18 Å². The minimum absolute atomic E-state index is 0.0289. The molecular formula is C10H26NO4S+. The molecule has 0 unspecified atom stereocenters. The fourth-order valence-electron chi connectivity index (χ4n) is 1.49. The highest BCUT2D eigenvalue weighted by Crippen LogP contribution is 2.03. The molecule has 0 aromatic heterocycles. The van der Waals surface area contributed by atoms with E-state index in [1.54, 1.807) is 0 Å². The quantitative estimate of drug-likeness (QED) is 0.580. The van der Waals surface area contributed by atoms with Crippen molar-refractivity contribution in [3.63, 3.8) is 0 Å². The summed E-state index contributed by atoms with van der Waals surface area (Å²) in [6.45, 7) is 15.7. The second-order valence-electron chi connectivity index (χ2n) is 3.44. The van der Waals surface area contributed by atoms with E-state index < -0.39 is 10.4 Å². The van der Waals surface area contributed by atoms with E-state index in [2.05, 4.69) is 31.9 Å². The Morgan fingerprint density at radius 1 is 0.938 bits per heavy atom. The van der Waals surface area contributed by atoms with Gasteiger partial charge in [0.25, 0.3) is 0 Å². The van der Waals surface area contributed by atoms with Gasteiger partial charge in [-0.3, -0.25) is 4.55 Å². The normalized spacial score (nSPS) is 11.9. The van der Waals surface area contributed by atoms with Crippen LogP contribution in [-0.2, 0) is 14.6 Å². The second-order valence-corrected chi connectivity index (χ2v) is 4.53. The zero-order chi connectivity index (χ0) is 13.2. The van der Waals surface area contributed by atoms with Crippen molar-refractivity contribution in [2.75, 3.05) is 32.8 Å². The van der Waals surface area contributed by atoms with E-state index in [0.29, 0.717) is 0 Å². The van der Waals surface area contributed by atoms with E-state index in [4.69, 9.17) is 4.55 Å². The SMILES string of the molecule is CCOS(=O)(=O)O.CC[N+](CC)(CC)CC. The molecule has 0 heterocycles. The monoisotopic (exact) mass is 256 g/mol. The Morgan fingerprint density at radius 2 is 1.25 bits per heavy atom. The Hall–Kier alpha value is -0.170. The molecule has 6 heteroatoms. The Bertz CT molecular complexity index is 230. The molecule has 0 bridgehead atoms. The van der Waals surface area contributed by atoms with E-state index in [1.807, 2.05) is 0 Å². The summed E-state index contributed by atoms with van der Waals surface area (Å²) in [6, 6.07) is 0. The zero-order valence-electron chi connectivity index (χ0n) is 11.1. The summed E-state index contributed by atoms with van der Waals surface area (Å²) >= 11 is 0. The summed E-state index contributed by atoms with van der Waals surface area (Å²) in [5.74, 6) is 0. The van der Waals surface area contributed by atoms with Gasteiger partial charge in [0.2, 0.25) is 0 Å². The maximum absolute atomic E-state index is 9.56. The van der Waals surface area contributed by atoms with Crippen LogP contribution in [0.1, 0.15) is 34.6 Å². The van der Waals surface area contributed by atoms with Gasteiger partial charge in [-0.15, -0.1) is 0 Å². The molecule has 0 aliphatic heterocycles. The molecule has 16 heavy (non-hydrogen) atoms. The molecule has 0 spiro atoms. The number of rotatable bonds is 6. The highest BCUT2D eigenvalue weighted by Gasteiger charge is 2.16. The average Bonchev–Trinajstić information content (AvgIpc) is 2.21. The van der Waals surface area contributed by atoms with Gasteiger partial charge in [0.05, 0.1) is 32.8 Å². The first-order valence-corrected chi connectivity index (χ1v) is 7.14. The Balaban J connectivity index is 0. The molecule has 1 N–H and O–H groups in total. The number of hydrogen-bond acceptors (Lipinski definition) is 3. The van der Waals surface area contributed by atoms with Crippen LogP contribution in [0.15, 0.2) is 0 Å². The lowest BCUT2D eigenvalue weighted by atomic mass is 10.3. The second kappa shape index (κ2) is 8.92. The largest absolute Gasteiger partial charge is 0.397 e. The smallest absolute Gasteiger partial charge is 0.325 e. The van der Waals surface area contributed by atoms with Crippen LogP contribution in [0.3, 0.4) is 0 Å². The van der Waals surface area contributed by atoms with E-state index in [9.17, 15) is 8.42 Å². The van der Waals surface area contributed by atoms with Crippen LogP contribution in [0, 0.1) is 0 Å². The first kappa shape index (κ1) is 18.2. The summed E-state index contributed by atoms with van der Waals surface area (Å²) in [5, 5.41) is 0. The molecule has 0 rings (SSSR count). The molecule has 0 atom stereocenters. The molecule has 0 aliphatic carbocycles. The Labute approximate surface area is 100.0 Å². The van der Waals surface area contributed by atoms with Crippen molar-refractivity contribution in [3.05, 3.63) is 0 Å². The predicted molar refractivity (Wildman–Crippen MR) is 65.6 cm³/mol. The minimum Gasteiger partial charge on any atom is -0.325 e. The predicted octanol–water partition coefficient (Wildman–Crippen LogP) is 1.71. The van der Waals surface area contributed by atoms with Gasteiger partial charge in [-0.05, 0) is 34.6 Å². The molecule has 0 aromatic rings. The van der Waals surface area contributed by atoms with Gasteiger partial charge >= 0.3 is 10.4 Å². The number of hydrogen-bond donors (Lipinski definition) is 1. The van der Waals surface area contributed by atoms with Crippen LogP contribution in [-0.4, -0.2) is 50.2 Å². The highest BCUT2D eigenvalue weighted by molar-refractivity contribution is 7.80. The maximum Gasteiger partial charge on any atom is 0.397 e. The zero-order valence-corrected chi connectivity index (χ0v) is 11.9. The molecule has 0 fully saturated rings. The lowest BCUT2D eigenvalue weighted by molar-refractivity contribution is -0.921. The van der Waals surface area contributed by atoms with Crippen LogP contribution in [0.2, 0.25) is 0 Å². The van der Waals surface area contributed by atoms with Crippen molar-refractivity contribution >= 4 is 10.4 Å². The fraction of sp³-hybridized carbons (Fsp3) is 1.00. The van der Waals surface area contributed by atoms with E-state index in [1.165, 1.54) is 37.6 Å². The molecule has 0 aliphatic rings. The molecular weight excluding hydrogens is 230 g/mol. The summed E-state index contributed by atoms with van der Waals surface area (Å²) < 4.78 is 31.9. The van der Waals surface area contributed by atoms with Crippen LogP contribution in [0.25, 0.3) is 0 Å². The lowest BCUT2D eigenvalue weighted by Gasteiger charge is -2.34. The third kappa shape index (κ3) is 9.08. The van der Waals surface area contributed by atoms with Gasteiger partial charge in [0, 0.05) is 0 Å². The summed E-state index contributed by atoms with van der Waals surface area (Å²) in [7, 11) is -4.17. The third-order valence-electron chi connectivity index (χ3n) is 2.95.